The maximum Gasteiger partial charge on any atom is 0.186 e. The Morgan fingerprint density at radius 2 is 2.20 bits per heavy atom. The molecule has 4 nitrogen and oxygen atoms in total. The summed E-state index contributed by atoms with van der Waals surface area (Å²) in [5.41, 5.74) is 0.699. The van der Waals surface area contributed by atoms with E-state index in [-0.39, 0.29) is 11.7 Å². The molecule has 0 saturated carbocycles. The lowest BCUT2D eigenvalue weighted by atomic mass is 9.90. The molecule has 1 aliphatic rings. The van der Waals surface area contributed by atoms with Crippen LogP contribution in [0.5, 0.6) is 0 Å². The predicted molar refractivity (Wildman–Crippen MR) is 105 cm³/mol. The minimum atomic E-state index is 0.00670. The molecule has 1 aliphatic heterocycles. The standard InChI is InChI=1S/C18H21Cl2N3OS/c1-22(2)18-21-17(20)15(25-18)11-23-8-4-6-13(10-23)16(24)12-5-3-7-14(19)9-12/h3,5,7,9,13H,4,6,8,10-11H2,1-2H3. The molecule has 0 N–H and O–H groups in total. The lowest BCUT2D eigenvalue weighted by Gasteiger charge is -2.31. The van der Waals surface area contributed by atoms with Crippen molar-refractivity contribution >= 4 is 45.5 Å². The molecule has 7 heteroatoms. The van der Waals surface area contributed by atoms with Crippen molar-refractivity contribution in [3.05, 3.63) is 44.9 Å². The SMILES string of the molecule is CN(C)c1nc(Cl)c(CN2CCCC(C(=O)c3cccc(Cl)c3)C2)s1. The zero-order valence-corrected chi connectivity index (χ0v) is 16.7. The van der Waals surface area contributed by atoms with E-state index < -0.39 is 0 Å². The first-order valence-electron chi connectivity index (χ1n) is 8.28. The number of carbonyl (C=O) groups excluding carboxylic acids is 1. The third-order valence-electron chi connectivity index (χ3n) is 4.37. The number of hydrogen-bond donors (Lipinski definition) is 0. The van der Waals surface area contributed by atoms with Gasteiger partial charge in [-0.2, -0.15) is 0 Å². The van der Waals surface area contributed by atoms with Gasteiger partial charge in [-0.05, 0) is 31.5 Å². The van der Waals surface area contributed by atoms with Gasteiger partial charge in [0.25, 0.3) is 0 Å². The largest absolute Gasteiger partial charge is 0.354 e. The summed E-state index contributed by atoms with van der Waals surface area (Å²) >= 11 is 13.9. The van der Waals surface area contributed by atoms with Gasteiger partial charge in [0.05, 0.1) is 4.88 Å². The second-order valence-electron chi connectivity index (χ2n) is 6.55. The maximum absolute atomic E-state index is 12.8. The molecule has 1 atom stereocenters. The van der Waals surface area contributed by atoms with Crippen molar-refractivity contribution < 1.29 is 4.79 Å². The molecule has 0 amide bonds. The van der Waals surface area contributed by atoms with Crippen molar-refractivity contribution in [2.75, 3.05) is 32.1 Å². The smallest absolute Gasteiger partial charge is 0.186 e. The number of nitrogens with zero attached hydrogens (tertiary/aromatic N) is 3. The fraction of sp³-hybridized carbons (Fsp3) is 0.444. The molecular weight excluding hydrogens is 377 g/mol. The Labute approximate surface area is 162 Å². The molecule has 2 heterocycles. The normalized spacial score (nSPS) is 18.3. The van der Waals surface area contributed by atoms with E-state index in [1.54, 1.807) is 23.5 Å². The van der Waals surface area contributed by atoms with E-state index >= 15 is 0 Å². The number of halogens is 2. The van der Waals surface area contributed by atoms with Crippen molar-refractivity contribution in [1.29, 1.82) is 0 Å². The van der Waals surface area contributed by atoms with Crippen LogP contribution in [0.2, 0.25) is 10.2 Å². The van der Waals surface area contributed by atoms with Gasteiger partial charge in [0.2, 0.25) is 0 Å². The van der Waals surface area contributed by atoms with Crippen LogP contribution in [-0.4, -0.2) is 42.9 Å². The lowest BCUT2D eigenvalue weighted by molar-refractivity contribution is 0.0813. The first-order chi connectivity index (χ1) is 11.9. The Morgan fingerprint density at radius 3 is 2.88 bits per heavy atom. The van der Waals surface area contributed by atoms with Crippen LogP contribution in [-0.2, 0) is 6.54 Å². The second-order valence-corrected chi connectivity index (χ2v) is 8.41. The minimum Gasteiger partial charge on any atom is -0.354 e. The van der Waals surface area contributed by atoms with Gasteiger partial charge in [-0.3, -0.25) is 9.69 Å². The zero-order chi connectivity index (χ0) is 18.0. The summed E-state index contributed by atoms with van der Waals surface area (Å²) in [4.78, 5) is 22.5. The Hall–Kier alpha value is -1.14. The highest BCUT2D eigenvalue weighted by atomic mass is 35.5. The number of likely N-dealkylation sites (tertiary alicyclic amines) is 1. The molecule has 0 bridgehead atoms. The predicted octanol–water partition coefficient (Wildman–Crippen LogP) is 4.61. The highest BCUT2D eigenvalue weighted by Crippen LogP contribution is 2.31. The molecule has 1 fully saturated rings. The maximum atomic E-state index is 12.8. The van der Waals surface area contributed by atoms with Gasteiger partial charge in [-0.1, -0.05) is 46.7 Å². The fourth-order valence-corrected chi connectivity index (χ4v) is 4.52. The molecule has 134 valence electrons. The summed E-state index contributed by atoms with van der Waals surface area (Å²) in [6.07, 6.45) is 1.93. The van der Waals surface area contributed by atoms with E-state index in [1.807, 2.05) is 31.1 Å². The van der Waals surface area contributed by atoms with Crippen LogP contribution in [0, 0.1) is 5.92 Å². The van der Waals surface area contributed by atoms with Crippen LogP contribution in [0.1, 0.15) is 28.1 Å². The Bertz CT molecular complexity index is 763. The number of anilines is 1. The summed E-state index contributed by atoms with van der Waals surface area (Å²) in [7, 11) is 3.92. The second kappa shape index (κ2) is 8.04. The molecule has 1 aromatic heterocycles. The number of benzene rings is 1. The van der Waals surface area contributed by atoms with E-state index in [9.17, 15) is 4.79 Å². The van der Waals surface area contributed by atoms with Gasteiger partial charge in [0.1, 0.15) is 5.15 Å². The van der Waals surface area contributed by atoms with E-state index in [1.165, 1.54) is 0 Å². The first-order valence-corrected chi connectivity index (χ1v) is 9.86. The van der Waals surface area contributed by atoms with Gasteiger partial charge in [0.15, 0.2) is 10.9 Å². The molecule has 2 aromatic rings. The number of rotatable bonds is 5. The zero-order valence-electron chi connectivity index (χ0n) is 14.3. The highest BCUT2D eigenvalue weighted by Gasteiger charge is 2.27. The molecular formula is C18H21Cl2N3OS. The van der Waals surface area contributed by atoms with E-state index in [0.717, 1.165) is 42.5 Å². The number of piperidine rings is 1. The summed E-state index contributed by atoms with van der Waals surface area (Å²) in [6.45, 7) is 2.46. The Balaban J connectivity index is 1.68. The van der Waals surface area contributed by atoms with E-state index in [2.05, 4.69) is 9.88 Å². The molecule has 1 saturated heterocycles. The molecule has 0 radical (unpaired) electrons. The number of carbonyl (C=O) groups is 1. The Kier molecular flexibility index (Phi) is 6.00. The topological polar surface area (TPSA) is 36.4 Å². The van der Waals surface area contributed by atoms with Crippen LogP contribution >= 0.6 is 34.5 Å². The van der Waals surface area contributed by atoms with Crippen LogP contribution in [0.25, 0.3) is 0 Å². The number of ketones is 1. The summed E-state index contributed by atoms with van der Waals surface area (Å²) in [5, 5.41) is 2.08. The summed E-state index contributed by atoms with van der Waals surface area (Å²) in [6, 6.07) is 7.22. The van der Waals surface area contributed by atoms with Crippen LogP contribution in [0.4, 0.5) is 5.13 Å². The van der Waals surface area contributed by atoms with Crippen molar-refractivity contribution in [2.45, 2.75) is 19.4 Å². The highest BCUT2D eigenvalue weighted by molar-refractivity contribution is 7.16. The van der Waals surface area contributed by atoms with Gasteiger partial charge < -0.3 is 4.90 Å². The van der Waals surface area contributed by atoms with Gasteiger partial charge in [-0.25, -0.2) is 4.98 Å². The fourth-order valence-electron chi connectivity index (χ4n) is 3.10. The van der Waals surface area contributed by atoms with Crippen molar-refractivity contribution in [3.8, 4) is 0 Å². The van der Waals surface area contributed by atoms with E-state index in [4.69, 9.17) is 23.2 Å². The third kappa shape index (κ3) is 4.53. The molecule has 0 spiro atoms. The molecule has 0 aliphatic carbocycles. The van der Waals surface area contributed by atoms with E-state index in [0.29, 0.717) is 15.7 Å². The number of thiazole rings is 1. The monoisotopic (exact) mass is 397 g/mol. The first kappa shape index (κ1) is 18.6. The molecule has 1 unspecified atom stereocenters. The van der Waals surface area contributed by atoms with Crippen molar-refractivity contribution in [3.63, 3.8) is 0 Å². The van der Waals surface area contributed by atoms with Crippen molar-refractivity contribution in [1.82, 2.24) is 9.88 Å². The number of Topliss-reactive ketones (excluding diaryl/α,β-unsaturated/α-hetero) is 1. The van der Waals surface area contributed by atoms with Crippen molar-refractivity contribution in [2.24, 2.45) is 5.92 Å². The average Bonchev–Trinajstić information content (AvgIpc) is 2.95. The number of aromatic nitrogens is 1. The lowest BCUT2D eigenvalue weighted by Crippen LogP contribution is -2.38. The summed E-state index contributed by atoms with van der Waals surface area (Å²) in [5.74, 6) is 0.184. The Morgan fingerprint density at radius 1 is 1.40 bits per heavy atom. The molecule has 3 rings (SSSR count). The average molecular weight is 398 g/mol. The molecule has 25 heavy (non-hydrogen) atoms. The van der Waals surface area contributed by atoms with Crippen LogP contribution < -0.4 is 4.90 Å². The third-order valence-corrected chi connectivity index (χ3v) is 6.24. The minimum absolute atomic E-state index is 0.00670. The van der Waals surface area contributed by atoms with Crippen LogP contribution in [0.3, 0.4) is 0 Å². The molecule has 1 aromatic carbocycles. The number of hydrogen-bond acceptors (Lipinski definition) is 5. The van der Waals surface area contributed by atoms with Gasteiger partial charge >= 0.3 is 0 Å². The van der Waals surface area contributed by atoms with Crippen LogP contribution in [0.15, 0.2) is 24.3 Å². The van der Waals surface area contributed by atoms with Gasteiger partial charge in [0, 0.05) is 43.7 Å². The summed E-state index contributed by atoms with van der Waals surface area (Å²) < 4.78 is 0. The quantitative estimate of drug-likeness (QED) is 0.690. The van der Waals surface area contributed by atoms with Gasteiger partial charge in [-0.15, -0.1) is 0 Å².